The summed E-state index contributed by atoms with van der Waals surface area (Å²) in [4.78, 5) is 15.3. The highest BCUT2D eigenvalue weighted by Gasteiger charge is 2.32. The zero-order chi connectivity index (χ0) is 18.8. The van der Waals surface area contributed by atoms with E-state index in [0.29, 0.717) is 11.6 Å². The van der Waals surface area contributed by atoms with Gasteiger partial charge < -0.3 is 15.5 Å². The smallest absolute Gasteiger partial charge is 0.224 e. The Morgan fingerprint density at radius 2 is 2.26 bits per heavy atom. The third-order valence-electron chi connectivity index (χ3n) is 5.05. The molecule has 4 heterocycles. The lowest BCUT2D eigenvalue weighted by atomic mass is 10.1. The van der Waals surface area contributed by atoms with Crippen LogP contribution in [0.4, 0.5) is 5.95 Å². The first-order valence-corrected chi connectivity index (χ1v) is 10.0. The quantitative estimate of drug-likeness (QED) is 0.600. The Labute approximate surface area is 161 Å². The summed E-state index contributed by atoms with van der Waals surface area (Å²) >= 11 is 1.52. The molecular formula is C19H23N5O2S. The Balaban J connectivity index is 1.65. The molecule has 0 bridgehead atoms. The molecule has 3 atom stereocenters. The number of nitrogens with zero attached hydrogens (tertiary/aromatic N) is 4. The molecule has 4 rings (SSSR count). The van der Waals surface area contributed by atoms with Crippen LogP contribution in [0, 0.1) is 0 Å². The van der Waals surface area contributed by atoms with Crippen molar-refractivity contribution in [1.29, 1.82) is 0 Å². The summed E-state index contributed by atoms with van der Waals surface area (Å²) in [7, 11) is 0. The second kappa shape index (κ2) is 7.85. The van der Waals surface area contributed by atoms with Crippen LogP contribution in [0.2, 0.25) is 0 Å². The lowest BCUT2D eigenvalue weighted by Gasteiger charge is -2.28. The number of rotatable bonds is 6. The topological polar surface area (TPSA) is 94.4 Å². The van der Waals surface area contributed by atoms with Crippen LogP contribution in [-0.4, -0.2) is 49.3 Å². The van der Waals surface area contributed by atoms with Crippen LogP contribution in [0.5, 0.6) is 0 Å². The van der Waals surface area contributed by atoms with Crippen molar-refractivity contribution >= 4 is 27.5 Å². The summed E-state index contributed by atoms with van der Waals surface area (Å²) in [5, 5.41) is 25.9. The summed E-state index contributed by atoms with van der Waals surface area (Å²) in [6.07, 6.45) is 4.54. The van der Waals surface area contributed by atoms with Gasteiger partial charge in [-0.15, -0.1) is 11.3 Å². The van der Waals surface area contributed by atoms with E-state index in [0.717, 1.165) is 35.2 Å². The van der Waals surface area contributed by atoms with E-state index in [2.05, 4.69) is 20.3 Å². The molecule has 0 radical (unpaired) electrons. The molecule has 1 saturated heterocycles. The number of aliphatic hydroxyl groups excluding tert-OH is 2. The van der Waals surface area contributed by atoms with E-state index in [-0.39, 0.29) is 18.7 Å². The first-order chi connectivity index (χ1) is 13.2. The van der Waals surface area contributed by atoms with Crippen molar-refractivity contribution in [2.45, 2.75) is 38.1 Å². The number of nitrogens with one attached hydrogen (secondary N) is 1. The number of likely N-dealkylation sites (tertiary alicyclic amines) is 1. The highest BCUT2D eigenvalue weighted by molar-refractivity contribution is 7.17. The van der Waals surface area contributed by atoms with Crippen molar-refractivity contribution in [3.63, 3.8) is 0 Å². The van der Waals surface area contributed by atoms with Crippen molar-refractivity contribution in [3.05, 3.63) is 47.2 Å². The van der Waals surface area contributed by atoms with Crippen LogP contribution in [-0.2, 0) is 0 Å². The first kappa shape index (κ1) is 18.2. The molecule has 8 heteroatoms. The van der Waals surface area contributed by atoms with Gasteiger partial charge in [0.15, 0.2) is 6.23 Å². The van der Waals surface area contributed by atoms with E-state index >= 15 is 0 Å². The van der Waals surface area contributed by atoms with E-state index in [1.807, 2.05) is 41.6 Å². The van der Waals surface area contributed by atoms with E-state index in [9.17, 15) is 10.2 Å². The highest BCUT2D eigenvalue weighted by atomic mass is 32.1. The number of aromatic nitrogens is 3. The minimum Gasteiger partial charge on any atom is -0.395 e. The van der Waals surface area contributed by atoms with Crippen molar-refractivity contribution in [1.82, 2.24) is 19.9 Å². The second-order valence-electron chi connectivity index (χ2n) is 6.81. The summed E-state index contributed by atoms with van der Waals surface area (Å²) in [6, 6.07) is 5.78. The second-order valence-corrected chi connectivity index (χ2v) is 7.73. The fourth-order valence-corrected chi connectivity index (χ4v) is 4.41. The minimum absolute atomic E-state index is 0.0169. The minimum atomic E-state index is -0.858. The standard InChI is InChI=1S/C19H23N5O2S/c1-12(13-4-2-7-20-10-13)21-19-22-15-6-9-27-17(15)16(23-19)18(26)24-8-3-5-14(24)11-25/h2,4,6-7,9-10,12,14,18,25-26H,3,5,8,11H2,1H3,(H,21,22,23)/t12-,14?,18?/m0/s1. The van der Waals surface area contributed by atoms with Gasteiger partial charge in [-0.05, 0) is 42.8 Å². The lowest BCUT2D eigenvalue weighted by Crippen LogP contribution is -2.36. The molecule has 2 unspecified atom stereocenters. The van der Waals surface area contributed by atoms with Gasteiger partial charge >= 0.3 is 0 Å². The average Bonchev–Trinajstić information content (AvgIpc) is 3.36. The maximum atomic E-state index is 11.0. The summed E-state index contributed by atoms with van der Waals surface area (Å²) in [6.45, 7) is 2.81. The number of hydrogen-bond acceptors (Lipinski definition) is 8. The zero-order valence-electron chi connectivity index (χ0n) is 15.1. The normalized spacial score (nSPS) is 20.0. The van der Waals surface area contributed by atoms with Crippen molar-refractivity contribution in [2.24, 2.45) is 0 Å². The predicted molar refractivity (Wildman–Crippen MR) is 105 cm³/mol. The van der Waals surface area contributed by atoms with Gasteiger partial charge in [0.05, 0.1) is 22.9 Å². The Morgan fingerprint density at radius 1 is 1.37 bits per heavy atom. The maximum Gasteiger partial charge on any atom is 0.224 e. The first-order valence-electron chi connectivity index (χ1n) is 9.13. The fraction of sp³-hybridized carbons (Fsp3) is 0.421. The molecule has 1 aliphatic rings. The van der Waals surface area contributed by atoms with Crippen LogP contribution in [0.1, 0.15) is 43.3 Å². The Hall–Kier alpha value is -2.13. The van der Waals surface area contributed by atoms with Crippen LogP contribution >= 0.6 is 11.3 Å². The summed E-state index contributed by atoms with van der Waals surface area (Å²) < 4.78 is 0.880. The molecule has 1 fully saturated rings. The molecule has 3 aromatic heterocycles. The Kier molecular flexibility index (Phi) is 5.31. The molecule has 1 aliphatic heterocycles. The van der Waals surface area contributed by atoms with Crippen LogP contribution in [0.15, 0.2) is 36.0 Å². The van der Waals surface area contributed by atoms with Gasteiger partial charge in [0, 0.05) is 25.0 Å². The van der Waals surface area contributed by atoms with Gasteiger partial charge in [-0.1, -0.05) is 6.07 Å². The van der Waals surface area contributed by atoms with Crippen LogP contribution in [0.3, 0.4) is 0 Å². The van der Waals surface area contributed by atoms with Gasteiger partial charge in [0.25, 0.3) is 0 Å². The maximum absolute atomic E-state index is 11.0. The zero-order valence-corrected chi connectivity index (χ0v) is 15.9. The number of thiophene rings is 1. The van der Waals surface area contributed by atoms with Gasteiger partial charge in [-0.25, -0.2) is 9.97 Å². The van der Waals surface area contributed by atoms with Crippen molar-refractivity contribution in [2.75, 3.05) is 18.5 Å². The van der Waals surface area contributed by atoms with Gasteiger partial charge in [0.2, 0.25) is 5.95 Å². The number of hydrogen-bond donors (Lipinski definition) is 3. The van der Waals surface area contributed by atoms with Crippen LogP contribution < -0.4 is 5.32 Å². The van der Waals surface area contributed by atoms with E-state index in [4.69, 9.17) is 0 Å². The highest BCUT2D eigenvalue weighted by Crippen LogP contribution is 2.33. The number of fused-ring (bicyclic) bond motifs is 1. The molecule has 0 aliphatic carbocycles. The number of anilines is 1. The monoisotopic (exact) mass is 385 g/mol. The summed E-state index contributed by atoms with van der Waals surface area (Å²) in [5.74, 6) is 0.478. The molecular weight excluding hydrogens is 362 g/mol. The Bertz CT molecular complexity index is 904. The number of aliphatic hydroxyl groups is 2. The van der Waals surface area contributed by atoms with E-state index in [1.165, 1.54) is 11.3 Å². The van der Waals surface area contributed by atoms with Crippen molar-refractivity contribution < 1.29 is 10.2 Å². The lowest BCUT2D eigenvalue weighted by molar-refractivity contribution is -0.0219. The summed E-state index contributed by atoms with van der Waals surface area (Å²) in [5.41, 5.74) is 2.44. The van der Waals surface area contributed by atoms with Crippen molar-refractivity contribution in [3.8, 4) is 0 Å². The molecule has 27 heavy (non-hydrogen) atoms. The fourth-order valence-electron chi connectivity index (χ4n) is 3.57. The SMILES string of the molecule is C[C@H](Nc1nc(C(O)N2CCCC2CO)c2sccc2n1)c1cccnc1. The van der Waals surface area contributed by atoms with Gasteiger partial charge in [-0.2, -0.15) is 0 Å². The van der Waals surface area contributed by atoms with Gasteiger partial charge in [-0.3, -0.25) is 9.88 Å². The Morgan fingerprint density at radius 3 is 3.04 bits per heavy atom. The van der Waals surface area contributed by atoms with Crippen LogP contribution in [0.25, 0.3) is 10.2 Å². The van der Waals surface area contributed by atoms with E-state index in [1.54, 1.807) is 6.20 Å². The van der Waals surface area contributed by atoms with E-state index < -0.39 is 6.23 Å². The molecule has 3 N–H and O–H groups in total. The molecule has 0 spiro atoms. The third-order valence-corrected chi connectivity index (χ3v) is 5.98. The predicted octanol–water partition coefficient (Wildman–Crippen LogP) is 2.71. The molecule has 0 amide bonds. The molecule has 142 valence electrons. The third kappa shape index (κ3) is 3.66. The molecule has 7 nitrogen and oxygen atoms in total. The number of pyridine rings is 1. The molecule has 0 aromatic carbocycles. The molecule has 0 saturated carbocycles. The average molecular weight is 385 g/mol. The largest absolute Gasteiger partial charge is 0.395 e. The molecule has 3 aromatic rings. The van der Waals surface area contributed by atoms with Gasteiger partial charge in [0.1, 0.15) is 5.69 Å².